The molecule has 0 aliphatic carbocycles. The Bertz CT molecular complexity index is 916. The first-order valence-corrected chi connectivity index (χ1v) is 10.5. The number of benzene rings is 2. The zero-order valence-corrected chi connectivity index (χ0v) is 15.4. The SMILES string of the molecule is O=C(c1ccc(S(=O)(=O)N2CCc3ccccc3C2)cc1)N1CCCC1. The van der Waals surface area contributed by atoms with Crippen molar-refractivity contribution in [2.45, 2.75) is 30.7 Å². The maximum Gasteiger partial charge on any atom is 0.253 e. The van der Waals surface area contributed by atoms with E-state index in [1.807, 2.05) is 23.1 Å². The Kier molecular flexibility index (Phi) is 4.54. The number of sulfonamides is 1. The monoisotopic (exact) mass is 370 g/mol. The maximum atomic E-state index is 13.0. The fourth-order valence-corrected chi connectivity index (χ4v) is 5.12. The van der Waals surface area contributed by atoms with E-state index in [1.165, 1.54) is 9.87 Å². The van der Waals surface area contributed by atoms with Gasteiger partial charge in [0, 0.05) is 31.7 Å². The molecule has 0 bridgehead atoms. The summed E-state index contributed by atoms with van der Waals surface area (Å²) in [6.45, 7) is 2.44. The zero-order chi connectivity index (χ0) is 18.1. The van der Waals surface area contributed by atoms with E-state index >= 15 is 0 Å². The van der Waals surface area contributed by atoms with Gasteiger partial charge >= 0.3 is 0 Å². The first-order chi connectivity index (χ1) is 12.6. The van der Waals surface area contributed by atoms with Crippen LogP contribution in [0.5, 0.6) is 0 Å². The van der Waals surface area contributed by atoms with E-state index < -0.39 is 10.0 Å². The van der Waals surface area contributed by atoms with E-state index in [0.29, 0.717) is 18.7 Å². The highest BCUT2D eigenvalue weighted by atomic mass is 32.2. The van der Waals surface area contributed by atoms with Crippen LogP contribution in [0.3, 0.4) is 0 Å². The van der Waals surface area contributed by atoms with Crippen molar-refractivity contribution in [1.82, 2.24) is 9.21 Å². The molecule has 0 radical (unpaired) electrons. The van der Waals surface area contributed by atoms with Crippen LogP contribution in [0, 0.1) is 0 Å². The van der Waals surface area contributed by atoms with Crippen molar-refractivity contribution in [1.29, 1.82) is 0 Å². The number of likely N-dealkylation sites (tertiary alicyclic amines) is 1. The predicted molar refractivity (Wildman–Crippen MR) is 99.3 cm³/mol. The van der Waals surface area contributed by atoms with Crippen molar-refractivity contribution in [3.63, 3.8) is 0 Å². The second-order valence-corrected chi connectivity index (χ2v) is 8.82. The van der Waals surface area contributed by atoms with E-state index in [0.717, 1.165) is 37.9 Å². The van der Waals surface area contributed by atoms with Crippen LogP contribution in [0.15, 0.2) is 53.4 Å². The van der Waals surface area contributed by atoms with Crippen molar-refractivity contribution in [2.75, 3.05) is 19.6 Å². The summed E-state index contributed by atoms with van der Waals surface area (Å²) in [6.07, 6.45) is 2.80. The summed E-state index contributed by atoms with van der Waals surface area (Å²) in [7, 11) is -3.56. The number of hydrogen-bond donors (Lipinski definition) is 0. The molecule has 0 aromatic heterocycles. The number of nitrogens with zero attached hydrogens (tertiary/aromatic N) is 2. The number of hydrogen-bond acceptors (Lipinski definition) is 3. The van der Waals surface area contributed by atoms with E-state index in [4.69, 9.17) is 0 Å². The normalized spacial score (nSPS) is 17.9. The molecule has 2 heterocycles. The second-order valence-electron chi connectivity index (χ2n) is 6.88. The average molecular weight is 370 g/mol. The molecule has 0 spiro atoms. The van der Waals surface area contributed by atoms with Crippen LogP contribution in [-0.2, 0) is 23.0 Å². The Morgan fingerprint density at radius 1 is 0.846 bits per heavy atom. The highest BCUT2D eigenvalue weighted by molar-refractivity contribution is 7.89. The maximum absolute atomic E-state index is 13.0. The quantitative estimate of drug-likeness (QED) is 0.835. The summed E-state index contributed by atoms with van der Waals surface area (Å²) in [5.74, 6) is -0.0154. The molecule has 4 rings (SSSR count). The molecule has 2 aliphatic rings. The third-order valence-electron chi connectivity index (χ3n) is 5.23. The van der Waals surface area contributed by atoms with Crippen LogP contribution in [0.4, 0.5) is 0 Å². The Morgan fingerprint density at radius 3 is 2.19 bits per heavy atom. The lowest BCUT2D eigenvalue weighted by Gasteiger charge is -2.28. The van der Waals surface area contributed by atoms with Crippen molar-refractivity contribution in [2.24, 2.45) is 0 Å². The van der Waals surface area contributed by atoms with Crippen molar-refractivity contribution in [3.8, 4) is 0 Å². The molecule has 0 atom stereocenters. The number of rotatable bonds is 3. The molecule has 5 nitrogen and oxygen atoms in total. The van der Waals surface area contributed by atoms with Gasteiger partial charge in [-0.05, 0) is 54.7 Å². The molecule has 0 unspecified atom stereocenters. The molecule has 0 saturated carbocycles. The van der Waals surface area contributed by atoms with Crippen LogP contribution in [-0.4, -0.2) is 43.2 Å². The van der Waals surface area contributed by atoms with Gasteiger partial charge < -0.3 is 4.90 Å². The Morgan fingerprint density at radius 2 is 1.50 bits per heavy atom. The first-order valence-electron chi connectivity index (χ1n) is 9.02. The van der Waals surface area contributed by atoms with Gasteiger partial charge in [0.05, 0.1) is 4.90 Å². The highest BCUT2D eigenvalue weighted by Crippen LogP contribution is 2.25. The van der Waals surface area contributed by atoms with Crippen molar-refractivity contribution >= 4 is 15.9 Å². The van der Waals surface area contributed by atoms with Gasteiger partial charge in [0.2, 0.25) is 10.0 Å². The Labute approximate surface area is 154 Å². The number of fused-ring (bicyclic) bond motifs is 1. The first kappa shape index (κ1) is 17.2. The number of amides is 1. The number of carbonyl (C=O) groups is 1. The summed E-state index contributed by atoms with van der Waals surface area (Å²) < 4.78 is 27.5. The Hall–Kier alpha value is -2.18. The van der Waals surface area contributed by atoms with Gasteiger partial charge in [0.25, 0.3) is 5.91 Å². The second kappa shape index (κ2) is 6.85. The largest absolute Gasteiger partial charge is 0.339 e. The minimum absolute atomic E-state index is 0.0154. The topological polar surface area (TPSA) is 57.7 Å². The van der Waals surface area contributed by atoms with Crippen molar-refractivity contribution in [3.05, 3.63) is 65.2 Å². The average Bonchev–Trinajstić information content (AvgIpc) is 3.22. The molecule has 1 fully saturated rings. The minimum atomic E-state index is -3.56. The molecule has 2 aromatic rings. The third-order valence-corrected chi connectivity index (χ3v) is 7.09. The fraction of sp³-hybridized carbons (Fsp3) is 0.350. The molecule has 1 saturated heterocycles. The minimum Gasteiger partial charge on any atom is -0.339 e. The molecule has 26 heavy (non-hydrogen) atoms. The summed E-state index contributed by atoms with van der Waals surface area (Å²) in [5.41, 5.74) is 2.82. The van der Waals surface area contributed by atoms with Crippen LogP contribution in [0.2, 0.25) is 0 Å². The number of carbonyl (C=O) groups excluding carboxylic acids is 1. The lowest BCUT2D eigenvalue weighted by atomic mass is 10.0. The third kappa shape index (κ3) is 3.15. The lowest BCUT2D eigenvalue weighted by molar-refractivity contribution is 0.0792. The molecular formula is C20H22N2O3S. The van der Waals surface area contributed by atoms with Crippen LogP contribution in [0.25, 0.3) is 0 Å². The molecule has 2 aromatic carbocycles. The predicted octanol–water partition coefficient (Wildman–Crippen LogP) is 2.67. The van der Waals surface area contributed by atoms with Crippen LogP contribution < -0.4 is 0 Å². The van der Waals surface area contributed by atoms with E-state index in [9.17, 15) is 13.2 Å². The molecule has 2 aliphatic heterocycles. The summed E-state index contributed by atoms with van der Waals surface area (Å²) >= 11 is 0. The van der Waals surface area contributed by atoms with Crippen molar-refractivity contribution < 1.29 is 13.2 Å². The highest BCUT2D eigenvalue weighted by Gasteiger charge is 2.28. The lowest BCUT2D eigenvalue weighted by Crippen LogP contribution is -2.36. The van der Waals surface area contributed by atoms with Gasteiger partial charge in [-0.3, -0.25) is 4.79 Å². The molecule has 6 heteroatoms. The fourth-order valence-electron chi connectivity index (χ4n) is 3.70. The van der Waals surface area contributed by atoms with Gasteiger partial charge in [-0.1, -0.05) is 24.3 Å². The van der Waals surface area contributed by atoms with Gasteiger partial charge in [-0.2, -0.15) is 4.31 Å². The summed E-state index contributed by atoms with van der Waals surface area (Å²) in [4.78, 5) is 14.5. The smallest absolute Gasteiger partial charge is 0.253 e. The van der Waals surface area contributed by atoms with Gasteiger partial charge in [0.15, 0.2) is 0 Å². The van der Waals surface area contributed by atoms with Crippen LogP contribution in [0.1, 0.15) is 34.3 Å². The standard InChI is InChI=1S/C20H22N2O3S/c23-20(21-12-3-4-13-21)17-7-9-19(10-8-17)26(24,25)22-14-11-16-5-1-2-6-18(16)15-22/h1-2,5-10H,3-4,11-15H2. The molecule has 136 valence electrons. The Balaban J connectivity index is 1.54. The van der Waals surface area contributed by atoms with Gasteiger partial charge in [-0.15, -0.1) is 0 Å². The molecular weight excluding hydrogens is 348 g/mol. The van der Waals surface area contributed by atoms with Crippen LogP contribution >= 0.6 is 0 Å². The van der Waals surface area contributed by atoms with E-state index in [2.05, 4.69) is 6.07 Å². The van der Waals surface area contributed by atoms with Gasteiger partial charge in [0.1, 0.15) is 0 Å². The molecule has 0 N–H and O–H groups in total. The summed E-state index contributed by atoms with van der Waals surface area (Å²) in [6, 6.07) is 14.3. The van der Waals surface area contributed by atoms with Gasteiger partial charge in [-0.25, -0.2) is 8.42 Å². The zero-order valence-electron chi connectivity index (χ0n) is 14.6. The van der Waals surface area contributed by atoms with E-state index in [1.54, 1.807) is 24.3 Å². The molecule has 1 amide bonds. The summed E-state index contributed by atoms with van der Waals surface area (Å²) in [5, 5.41) is 0. The van der Waals surface area contributed by atoms with E-state index in [-0.39, 0.29) is 10.8 Å².